The molecule has 0 aliphatic heterocycles. The van der Waals surface area contributed by atoms with Gasteiger partial charge in [-0.25, -0.2) is 4.52 Å². The van der Waals surface area contributed by atoms with E-state index in [1.165, 1.54) is 13.1 Å². The maximum atomic E-state index is 11.9. The van der Waals surface area contributed by atoms with E-state index < -0.39 is 5.91 Å². The van der Waals surface area contributed by atoms with Crippen LogP contribution in [0.2, 0.25) is 0 Å². The maximum absolute atomic E-state index is 11.9. The Hall–Kier alpha value is -2.57. The van der Waals surface area contributed by atoms with Crippen LogP contribution >= 0.6 is 0 Å². The standard InChI is InChI=1S/C18H25N5O2/c1-10-5-6-15(18(10,3)4)22-16-13(17(19)25)8-20-23-9-12(7-14(16)23)21-11(2)24/h7-10,15,22H,5-6H2,1-4H3,(H2,19,25)(H,21,24). The molecule has 0 spiro atoms. The molecular weight excluding hydrogens is 318 g/mol. The minimum Gasteiger partial charge on any atom is -0.379 e. The van der Waals surface area contributed by atoms with E-state index in [0.717, 1.165) is 18.4 Å². The number of hydrogen-bond acceptors (Lipinski definition) is 4. The van der Waals surface area contributed by atoms with Crippen molar-refractivity contribution >= 4 is 28.7 Å². The average Bonchev–Trinajstić information content (AvgIpc) is 3.01. The molecule has 0 saturated heterocycles. The van der Waals surface area contributed by atoms with Gasteiger partial charge < -0.3 is 16.4 Å². The molecule has 1 aliphatic rings. The molecule has 0 radical (unpaired) electrons. The highest BCUT2D eigenvalue weighted by molar-refractivity contribution is 6.02. The number of nitrogens with one attached hydrogen (secondary N) is 2. The van der Waals surface area contributed by atoms with Crippen LogP contribution in [0, 0.1) is 11.3 Å². The predicted molar refractivity (Wildman–Crippen MR) is 97.6 cm³/mol. The smallest absolute Gasteiger partial charge is 0.252 e. The second-order valence-electron chi connectivity index (χ2n) is 7.53. The summed E-state index contributed by atoms with van der Waals surface area (Å²) < 4.78 is 1.64. The molecule has 1 fully saturated rings. The molecule has 1 saturated carbocycles. The van der Waals surface area contributed by atoms with Gasteiger partial charge in [0.1, 0.15) is 0 Å². The Kier molecular flexibility index (Phi) is 4.18. The van der Waals surface area contributed by atoms with Crippen LogP contribution in [-0.2, 0) is 4.79 Å². The SMILES string of the molecule is CC(=O)Nc1cc2c(NC3CCC(C)C3(C)C)c(C(N)=O)cnn2c1. The van der Waals surface area contributed by atoms with Gasteiger partial charge in [-0.1, -0.05) is 20.8 Å². The molecule has 0 bridgehead atoms. The van der Waals surface area contributed by atoms with Crippen LogP contribution in [0.1, 0.15) is 50.9 Å². The van der Waals surface area contributed by atoms with Crippen LogP contribution in [0.3, 0.4) is 0 Å². The average molecular weight is 343 g/mol. The van der Waals surface area contributed by atoms with Crippen molar-refractivity contribution in [2.75, 3.05) is 10.6 Å². The third kappa shape index (κ3) is 3.06. The first-order chi connectivity index (χ1) is 11.7. The Balaban J connectivity index is 2.07. The van der Waals surface area contributed by atoms with E-state index >= 15 is 0 Å². The maximum Gasteiger partial charge on any atom is 0.252 e. The molecule has 2 amide bonds. The lowest BCUT2D eigenvalue weighted by molar-refractivity contribution is -0.114. The third-order valence-electron chi connectivity index (χ3n) is 5.60. The van der Waals surface area contributed by atoms with Crippen molar-refractivity contribution in [1.29, 1.82) is 0 Å². The quantitative estimate of drug-likeness (QED) is 0.794. The number of primary amides is 1. The van der Waals surface area contributed by atoms with E-state index in [2.05, 4.69) is 36.5 Å². The summed E-state index contributed by atoms with van der Waals surface area (Å²) in [5.74, 6) is -0.100. The van der Waals surface area contributed by atoms with Gasteiger partial charge in [-0.2, -0.15) is 5.10 Å². The van der Waals surface area contributed by atoms with Crippen molar-refractivity contribution in [3.8, 4) is 0 Å². The number of fused-ring (bicyclic) bond motifs is 1. The van der Waals surface area contributed by atoms with Crippen LogP contribution in [0.5, 0.6) is 0 Å². The Morgan fingerprint density at radius 3 is 2.64 bits per heavy atom. The van der Waals surface area contributed by atoms with Crippen LogP contribution < -0.4 is 16.4 Å². The molecule has 7 heteroatoms. The van der Waals surface area contributed by atoms with Crippen LogP contribution in [0.4, 0.5) is 11.4 Å². The van der Waals surface area contributed by atoms with Gasteiger partial charge in [-0.15, -0.1) is 0 Å². The molecule has 0 aromatic carbocycles. The monoisotopic (exact) mass is 343 g/mol. The van der Waals surface area contributed by atoms with E-state index in [0.29, 0.717) is 22.9 Å². The van der Waals surface area contributed by atoms with Crippen molar-refractivity contribution in [3.63, 3.8) is 0 Å². The Morgan fingerprint density at radius 2 is 2.08 bits per heavy atom. The van der Waals surface area contributed by atoms with E-state index in [4.69, 9.17) is 5.73 Å². The predicted octanol–water partition coefficient (Wildman–Crippen LogP) is 2.63. The Bertz CT molecular complexity index is 839. The van der Waals surface area contributed by atoms with Crippen LogP contribution in [-0.4, -0.2) is 27.5 Å². The number of hydrogen-bond donors (Lipinski definition) is 3. The summed E-state index contributed by atoms with van der Waals surface area (Å²) in [7, 11) is 0. The largest absolute Gasteiger partial charge is 0.379 e. The first kappa shape index (κ1) is 17.3. The van der Waals surface area contributed by atoms with Crippen molar-refractivity contribution in [3.05, 3.63) is 24.0 Å². The lowest BCUT2D eigenvalue weighted by atomic mass is 9.80. The van der Waals surface area contributed by atoms with E-state index in [1.807, 2.05) is 0 Å². The number of aromatic nitrogens is 2. The van der Waals surface area contributed by atoms with Gasteiger partial charge in [-0.05, 0) is 30.2 Å². The number of carbonyl (C=O) groups excluding carboxylic acids is 2. The number of amides is 2. The molecule has 2 atom stereocenters. The molecule has 1 aliphatic carbocycles. The van der Waals surface area contributed by atoms with Gasteiger partial charge in [0.2, 0.25) is 5.91 Å². The molecule has 2 aromatic heterocycles. The van der Waals surface area contributed by atoms with Crippen molar-refractivity contribution in [1.82, 2.24) is 9.61 Å². The fraction of sp³-hybridized carbons (Fsp3) is 0.500. The Labute approximate surface area is 147 Å². The summed E-state index contributed by atoms with van der Waals surface area (Å²) in [5, 5.41) is 10.5. The molecule has 134 valence electrons. The number of anilines is 2. The summed E-state index contributed by atoms with van der Waals surface area (Å²) in [5.41, 5.74) is 8.04. The number of nitrogens with two attached hydrogens (primary N) is 1. The number of carbonyl (C=O) groups is 2. The topological polar surface area (TPSA) is 102 Å². The second kappa shape index (κ2) is 6.06. The van der Waals surface area contributed by atoms with Gasteiger partial charge >= 0.3 is 0 Å². The number of nitrogens with zero attached hydrogens (tertiary/aromatic N) is 2. The van der Waals surface area contributed by atoms with E-state index in [1.54, 1.807) is 16.8 Å². The summed E-state index contributed by atoms with van der Waals surface area (Å²) in [6.45, 7) is 8.19. The summed E-state index contributed by atoms with van der Waals surface area (Å²) in [6, 6.07) is 2.03. The molecule has 3 rings (SSSR count). The second-order valence-corrected chi connectivity index (χ2v) is 7.53. The normalized spacial score (nSPS) is 22.1. The van der Waals surface area contributed by atoms with E-state index in [9.17, 15) is 9.59 Å². The Morgan fingerprint density at radius 1 is 1.36 bits per heavy atom. The highest BCUT2D eigenvalue weighted by Crippen LogP contribution is 2.44. The van der Waals surface area contributed by atoms with Crippen molar-refractivity contribution < 1.29 is 9.59 Å². The zero-order chi connectivity index (χ0) is 18.4. The third-order valence-corrected chi connectivity index (χ3v) is 5.60. The van der Waals surface area contributed by atoms with Gasteiger partial charge in [0, 0.05) is 13.0 Å². The van der Waals surface area contributed by atoms with Crippen LogP contribution in [0.25, 0.3) is 5.52 Å². The molecular formula is C18H25N5O2. The molecule has 25 heavy (non-hydrogen) atoms. The molecule has 4 N–H and O–H groups in total. The summed E-state index contributed by atoms with van der Waals surface area (Å²) in [4.78, 5) is 23.2. The van der Waals surface area contributed by atoms with Gasteiger partial charge in [0.15, 0.2) is 0 Å². The summed E-state index contributed by atoms with van der Waals surface area (Å²) in [6.07, 6.45) is 5.35. The van der Waals surface area contributed by atoms with Gasteiger partial charge in [0.05, 0.1) is 34.8 Å². The van der Waals surface area contributed by atoms with Gasteiger partial charge in [0.25, 0.3) is 5.91 Å². The number of rotatable bonds is 4. The highest BCUT2D eigenvalue weighted by Gasteiger charge is 2.41. The fourth-order valence-electron chi connectivity index (χ4n) is 3.60. The first-order valence-corrected chi connectivity index (χ1v) is 8.55. The molecule has 2 aromatic rings. The zero-order valence-corrected chi connectivity index (χ0v) is 15.1. The van der Waals surface area contributed by atoms with E-state index in [-0.39, 0.29) is 17.4 Å². The molecule has 7 nitrogen and oxygen atoms in total. The lowest BCUT2D eigenvalue weighted by Gasteiger charge is -2.33. The fourth-order valence-corrected chi connectivity index (χ4v) is 3.60. The van der Waals surface area contributed by atoms with Gasteiger partial charge in [-0.3, -0.25) is 9.59 Å². The molecule has 2 heterocycles. The lowest BCUT2D eigenvalue weighted by Crippen LogP contribution is -2.35. The minimum absolute atomic E-state index is 0.0994. The van der Waals surface area contributed by atoms with Crippen molar-refractivity contribution in [2.45, 2.75) is 46.6 Å². The minimum atomic E-state index is -0.524. The molecule has 2 unspecified atom stereocenters. The first-order valence-electron chi connectivity index (χ1n) is 8.55. The van der Waals surface area contributed by atoms with Crippen LogP contribution in [0.15, 0.2) is 18.5 Å². The zero-order valence-electron chi connectivity index (χ0n) is 15.1. The summed E-state index contributed by atoms with van der Waals surface area (Å²) >= 11 is 0. The van der Waals surface area contributed by atoms with Crippen molar-refractivity contribution in [2.24, 2.45) is 17.1 Å². The highest BCUT2D eigenvalue weighted by atomic mass is 16.1.